The summed E-state index contributed by atoms with van der Waals surface area (Å²) in [6.45, 7) is 0. The molecular formula is C11H13N3O2S. The smallest absolute Gasteiger partial charge is 0.268 e. The summed E-state index contributed by atoms with van der Waals surface area (Å²) >= 11 is 1.51. The van der Waals surface area contributed by atoms with E-state index in [4.69, 9.17) is 15.0 Å². The van der Waals surface area contributed by atoms with E-state index in [0.717, 1.165) is 29.9 Å². The molecule has 0 saturated heterocycles. The summed E-state index contributed by atoms with van der Waals surface area (Å²) in [5, 5.41) is 5.88. The third-order valence-corrected chi connectivity index (χ3v) is 4.04. The van der Waals surface area contributed by atoms with E-state index in [1.54, 1.807) is 7.11 Å². The molecule has 1 saturated carbocycles. The lowest BCUT2D eigenvalue weighted by atomic mass is 9.77. The van der Waals surface area contributed by atoms with Gasteiger partial charge in [0.05, 0.1) is 17.5 Å². The van der Waals surface area contributed by atoms with Crippen LogP contribution in [-0.2, 0) is 5.54 Å². The van der Waals surface area contributed by atoms with Gasteiger partial charge in [0.25, 0.3) is 5.89 Å². The predicted octanol–water partition coefficient (Wildman–Crippen LogP) is 2.14. The van der Waals surface area contributed by atoms with Gasteiger partial charge in [0.2, 0.25) is 0 Å². The van der Waals surface area contributed by atoms with Crippen LogP contribution in [0.2, 0.25) is 0 Å². The van der Waals surface area contributed by atoms with Gasteiger partial charge >= 0.3 is 0 Å². The number of ether oxygens (including phenoxy) is 1. The zero-order valence-electron chi connectivity index (χ0n) is 9.47. The van der Waals surface area contributed by atoms with Gasteiger partial charge in [-0.25, -0.2) is 0 Å². The lowest BCUT2D eigenvalue weighted by Crippen LogP contribution is -2.44. The van der Waals surface area contributed by atoms with E-state index in [9.17, 15) is 0 Å². The summed E-state index contributed by atoms with van der Waals surface area (Å²) in [4.78, 5) is 5.28. The summed E-state index contributed by atoms with van der Waals surface area (Å²) in [5.74, 6) is 1.94. The lowest BCUT2D eigenvalue weighted by Gasteiger charge is -2.34. The molecular weight excluding hydrogens is 238 g/mol. The fraction of sp³-hybridized carbons (Fsp3) is 0.455. The molecule has 0 bridgehead atoms. The van der Waals surface area contributed by atoms with Crippen LogP contribution >= 0.6 is 11.3 Å². The number of thiophene rings is 1. The number of aromatic nitrogens is 2. The second-order valence-electron chi connectivity index (χ2n) is 4.28. The molecule has 1 fully saturated rings. The van der Waals surface area contributed by atoms with Crippen LogP contribution in [0.4, 0.5) is 0 Å². The summed E-state index contributed by atoms with van der Waals surface area (Å²) in [7, 11) is 1.63. The van der Waals surface area contributed by atoms with Crippen LogP contribution in [0.5, 0.6) is 5.75 Å². The molecule has 1 aliphatic rings. The van der Waals surface area contributed by atoms with Crippen molar-refractivity contribution in [2.24, 2.45) is 5.73 Å². The molecule has 0 aromatic carbocycles. The number of hydrogen-bond donors (Lipinski definition) is 1. The van der Waals surface area contributed by atoms with E-state index < -0.39 is 0 Å². The molecule has 0 spiro atoms. The minimum absolute atomic E-state index is 0.372. The molecule has 6 heteroatoms. The number of nitrogens with zero attached hydrogens (tertiary/aromatic N) is 2. The van der Waals surface area contributed by atoms with Gasteiger partial charge in [-0.05, 0) is 19.3 Å². The van der Waals surface area contributed by atoms with E-state index in [2.05, 4.69) is 10.1 Å². The van der Waals surface area contributed by atoms with Crippen LogP contribution in [0, 0.1) is 0 Å². The first-order chi connectivity index (χ1) is 8.21. The molecule has 0 amide bonds. The first kappa shape index (κ1) is 10.7. The Morgan fingerprint density at radius 2 is 2.35 bits per heavy atom. The number of rotatable bonds is 3. The number of hydrogen-bond acceptors (Lipinski definition) is 6. The molecule has 1 aliphatic carbocycles. The average molecular weight is 251 g/mol. The molecule has 2 N–H and O–H groups in total. The van der Waals surface area contributed by atoms with Crippen molar-refractivity contribution >= 4 is 11.3 Å². The average Bonchev–Trinajstić information content (AvgIpc) is 2.94. The van der Waals surface area contributed by atoms with Gasteiger partial charge in [0, 0.05) is 11.4 Å². The van der Waals surface area contributed by atoms with E-state index in [1.165, 1.54) is 11.3 Å². The molecule has 0 aliphatic heterocycles. The molecule has 5 nitrogen and oxygen atoms in total. The van der Waals surface area contributed by atoms with Gasteiger partial charge in [0.1, 0.15) is 5.75 Å². The quantitative estimate of drug-likeness (QED) is 0.904. The fourth-order valence-corrected chi connectivity index (χ4v) is 2.62. The molecule has 0 unspecified atom stereocenters. The van der Waals surface area contributed by atoms with Crippen molar-refractivity contribution in [3.05, 3.63) is 17.3 Å². The summed E-state index contributed by atoms with van der Waals surface area (Å²) in [6.07, 6.45) is 2.99. The van der Waals surface area contributed by atoms with E-state index in [0.29, 0.717) is 11.7 Å². The zero-order chi connectivity index (χ0) is 11.9. The van der Waals surface area contributed by atoms with Crippen LogP contribution < -0.4 is 10.5 Å². The van der Waals surface area contributed by atoms with Crippen molar-refractivity contribution in [1.82, 2.24) is 10.1 Å². The first-order valence-corrected chi connectivity index (χ1v) is 6.35. The topological polar surface area (TPSA) is 74.2 Å². The van der Waals surface area contributed by atoms with Crippen molar-refractivity contribution in [3.63, 3.8) is 0 Å². The van der Waals surface area contributed by atoms with Crippen molar-refractivity contribution < 1.29 is 9.26 Å². The molecule has 2 aromatic rings. The van der Waals surface area contributed by atoms with Crippen molar-refractivity contribution in [2.75, 3.05) is 7.11 Å². The SMILES string of the molecule is COc1csc(-c2nc(C3(N)CCC3)no2)c1. The second kappa shape index (κ2) is 3.82. The summed E-state index contributed by atoms with van der Waals surface area (Å²) in [6, 6.07) is 1.88. The highest BCUT2D eigenvalue weighted by Crippen LogP contribution is 2.38. The Balaban J connectivity index is 1.89. The highest BCUT2D eigenvalue weighted by molar-refractivity contribution is 7.13. The Morgan fingerprint density at radius 1 is 1.53 bits per heavy atom. The van der Waals surface area contributed by atoms with Crippen LogP contribution in [0.1, 0.15) is 25.1 Å². The molecule has 0 atom stereocenters. The minimum Gasteiger partial charge on any atom is -0.496 e. The number of methoxy groups -OCH3 is 1. The Bertz CT molecular complexity index is 530. The first-order valence-electron chi connectivity index (χ1n) is 5.47. The molecule has 90 valence electrons. The van der Waals surface area contributed by atoms with Gasteiger partial charge in [-0.2, -0.15) is 4.98 Å². The monoisotopic (exact) mass is 251 g/mol. The fourth-order valence-electron chi connectivity index (χ4n) is 1.85. The Morgan fingerprint density at radius 3 is 2.94 bits per heavy atom. The van der Waals surface area contributed by atoms with Crippen LogP contribution in [0.25, 0.3) is 10.8 Å². The maximum Gasteiger partial charge on any atom is 0.268 e. The van der Waals surface area contributed by atoms with Crippen molar-refractivity contribution in [3.8, 4) is 16.5 Å². The minimum atomic E-state index is -0.372. The highest BCUT2D eigenvalue weighted by atomic mass is 32.1. The Hall–Kier alpha value is -1.40. The standard InChI is InChI=1S/C11H13N3O2S/c1-15-7-5-8(17-6-7)9-13-10(14-16-9)11(12)3-2-4-11/h5-6H,2-4,12H2,1H3. The number of nitrogens with two attached hydrogens (primary N) is 1. The molecule has 2 aromatic heterocycles. The molecule has 2 heterocycles. The van der Waals surface area contributed by atoms with Crippen molar-refractivity contribution in [1.29, 1.82) is 0 Å². The third kappa shape index (κ3) is 1.73. The molecule has 17 heavy (non-hydrogen) atoms. The maximum absolute atomic E-state index is 6.14. The van der Waals surface area contributed by atoms with Gasteiger partial charge in [-0.15, -0.1) is 11.3 Å². The second-order valence-corrected chi connectivity index (χ2v) is 5.19. The maximum atomic E-state index is 6.14. The van der Waals surface area contributed by atoms with Crippen molar-refractivity contribution in [2.45, 2.75) is 24.8 Å². The molecule has 3 rings (SSSR count). The normalized spacial score (nSPS) is 17.8. The van der Waals surface area contributed by atoms with Crippen LogP contribution in [0.15, 0.2) is 16.0 Å². The molecule has 0 radical (unpaired) electrons. The van der Waals surface area contributed by atoms with Gasteiger partial charge in [-0.1, -0.05) is 5.16 Å². The van der Waals surface area contributed by atoms with Gasteiger partial charge in [0.15, 0.2) is 5.82 Å². The van der Waals surface area contributed by atoms with E-state index >= 15 is 0 Å². The Labute approximate surface area is 103 Å². The summed E-state index contributed by atoms with van der Waals surface area (Å²) in [5.41, 5.74) is 5.77. The Kier molecular flexibility index (Phi) is 2.41. The zero-order valence-corrected chi connectivity index (χ0v) is 10.3. The third-order valence-electron chi connectivity index (χ3n) is 3.14. The van der Waals surface area contributed by atoms with Gasteiger partial charge in [-0.3, -0.25) is 0 Å². The lowest BCUT2D eigenvalue weighted by molar-refractivity contribution is 0.229. The van der Waals surface area contributed by atoms with Crippen LogP contribution in [0.3, 0.4) is 0 Å². The van der Waals surface area contributed by atoms with E-state index in [-0.39, 0.29) is 5.54 Å². The van der Waals surface area contributed by atoms with Gasteiger partial charge < -0.3 is 15.0 Å². The predicted molar refractivity (Wildman–Crippen MR) is 63.9 cm³/mol. The highest BCUT2D eigenvalue weighted by Gasteiger charge is 2.39. The largest absolute Gasteiger partial charge is 0.496 e. The summed E-state index contributed by atoms with van der Waals surface area (Å²) < 4.78 is 10.4. The van der Waals surface area contributed by atoms with E-state index in [1.807, 2.05) is 11.4 Å². The van der Waals surface area contributed by atoms with Crippen LogP contribution in [-0.4, -0.2) is 17.3 Å².